The maximum absolute atomic E-state index is 5.86. The van der Waals surface area contributed by atoms with Crippen LogP contribution in [0.3, 0.4) is 0 Å². The maximum atomic E-state index is 5.86. The van der Waals surface area contributed by atoms with Crippen LogP contribution in [0.1, 0.15) is 12.6 Å². The molecule has 1 heterocycles. The molecule has 6 heteroatoms. The van der Waals surface area contributed by atoms with Gasteiger partial charge in [-0.25, -0.2) is 4.99 Å². The van der Waals surface area contributed by atoms with Gasteiger partial charge in [0.25, 0.3) is 0 Å². The zero-order chi connectivity index (χ0) is 16.5. The number of pyridine rings is 1. The quantitative estimate of drug-likeness (QED) is 0.575. The van der Waals surface area contributed by atoms with Crippen molar-refractivity contribution in [1.82, 2.24) is 10.3 Å². The highest BCUT2D eigenvalue weighted by atomic mass is 79.9. The minimum Gasteiger partial charge on any atom is -0.488 e. The molecule has 1 atom stereocenters. The van der Waals surface area contributed by atoms with Gasteiger partial charge in [-0.05, 0) is 47.1 Å². The number of hydrogen-bond acceptors (Lipinski definition) is 3. The first-order valence-electron chi connectivity index (χ1n) is 7.50. The summed E-state index contributed by atoms with van der Waals surface area (Å²) in [5, 5.41) is 3.08. The summed E-state index contributed by atoms with van der Waals surface area (Å²) in [5.74, 6) is 1.22. The number of nitrogens with one attached hydrogen (secondary N) is 1. The molecule has 0 aliphatic rings. The summed E-state index contributed by atoms with van der Waals surface area (Å²) in [7, 11) is 0. The van der Waals surface area contributed by atoms with Gasteiger partial charge < -0.3 is 15.8 Å². The number of nitrogens with zero attached hydrogens (tertiary/aromatic N) is 2. The molecule has 1 aromatic heterocycles. The third-order valence-electron chi connectivity index (χ3n) is 3.10. The summed E-state index contributed by atoms with van der Waals surface area (Å²) in [5.41, 5.74) is 6.89. The zero-order valence-electron chi connectivity index (χ0n) is 13.1. The largest absolute Gasteiger partial charge is 0.488 e. The summed E-state index contributed by atoms with van der Waals surface area (Å²) in [6.07, 6.45) is 2.53. The van der Waals surface area contributed by atoms with Crippen LogP contribution in [0.5, 0.6) is 5.75 Å². The van der Waals surface area contributed by atoms with E-state index in [-0.39, 0.29) is 6.10 Å². The molecule has 1 unspecified atom stereocenters. The molecule has 0 aliphatic heterocycles. The van der Waals surface area contributed by atoms with Crippen LogP contribution in [0.15, 0.2) is 58.1 Å². The van der Waals surface area contributed by atoms with Crippen LogP contribution in [-0.2, 0) is 6.42 Å². The van der Waals surface area contributed by atoms with Gasteiger partial charge >= 0.3 is 0 Å². The van der Waals surface area contributed by atoms with Crippen molar-refractivity contribution in [2.75, 3.05) is 13.1 Å². The first kappa shape index (κ1) is 17.3. The molecule has 3 N–H and O–H groups in total. The Morgan fingerprint density at radius 3 is 2.83 bits per heavy atom. The van der Waals surface area contributed by atoms with Crippen LogP contribution in [0, 0.1) is 0 Å². The highest BCUT2D eigenvalue weighted by molar-refractivity contribution is 9.10. The Labute approximate surface area is 145 Å². The van der Waals surface area contributed by atoms with Gasteiger partial charge in [-0.1, -0.05) is 18.2 Å². The average molecular weight is 377 g/mol. The number of nitrogens with two attached hydrogens (primary N) is 1. The van der Waals surface area contributed by atoms with Crippen molar-refractivity contribution in [3.63, 3.8) is 0 Å². The molecule has 0 fully saturated rings. The molecule has 0 amide bonds. The molecule has 1 aromatic carbocycles. The molecule has 0 bridgehead atoms. The molecule has 2 aromatic rings. The molecule has 122 valence electrons. The lowest BCUT2D eigenvalue weighted by atomic mass is 10.3. The van der Waals surface area contributed by atoms with Gasteiger partial charge in [0.1, 0.15) is 11.9 Å². The Morgan fingerprint density at radius 2 is 2.09 bits per heavy atom. The smallest absolute Gasteiger partial charge is 0.188 e. The molecule has 0 aliphatic carbocycles. The van der Waals surface area contributed by atoms with Crippen LogP contribution in [-0.4, -0.2) is 30.1 Å². The lowest BCUT2D eigenvalue weighted by Crippen LogP contribution is -2.34. The molecule has 0 saturated carbocycles. The Morgan fingerprint density at radius 1 is 1.30 bits per heavy atom. The molecule has 23 heavy (non-hydrogen) atoms. The van der Waals surface area contributed by atoms with Crippen molar-refractivity contribution in [2.24, 2.45) is 10.7 Å². The van der Waals surface area contributed by atoms with E-state index in [1.807, 2.05) is 49.4 Å². The molecule has 0 radical (unpaired) electrons. The highest BCUT2D eigenvalue weighted by Gasteiger charge is 2.06. The van der Waals surface area contributed by atoms with Gasteiger partial charge in [-0.2, -0.15) is 0 Å². The normalized spacial score (nSPS) is 12.7. The predicted molar refractivity (Wildman–Crippen MR) is 96.7 cm³/mol. The summed E-state index contributed by atoms with van der Waals surface area (Å²) in [6.45, 7) is 3.15. The Hall–Kier alpha value is -2.08. The zero-order valence-corrected chi connectivity index (χ0v) is 14.7. The highest BCUT2D eigenvalue weighted by Crippen LogP contribution is 2.24. The molecular weight excluding hydrogens is 356 g/mol. The van der Waals surface area contributed by atoms with Crippen LogP contribution in [0.4, 0.5) is 0 Å². The standard InChI is InChI=1S/C17H21BrN4O/c1-13(23-16-8-3-2-7-15(16)18)12-22-17(19)21-11-9-14-6-4-5-10-20-14/h2-8,10,13H,9,11-12H2,1H3,(H3,19,21,22). The summed E-state index contributed by atoms with van der Waals surface area (Å²) in [4.78, 5) is 8.56. The van der Waals surface area contributed by atoms with E-state index in [1.165, 1.54) is 0 Å². The number of hydrogen-bond donors (Lipinski definition) is 2. The van der Waals surface area contributed by atoms with Crippen LogP contribution >= 0.6 is 15.9 Å². The maximum Gasteiger partial charge on any atom is 0.188 e. The fourth-order valence-electron chi connectivity index (χ4n) is 1.94. The van der Waals surface area contributed by atoms with Crippen LogP contribution in [0.2, 0.25) is 0 Å². The molecule has 5 nitrogen and oxygen atoms in total. The van der Waals surface area contributed by atoms with E-state index >= 15 is 0 Å². The van der Waals surface area contributed by atoms with E-state index < -0.39 is 0 Å². The van der Waals surface area contributed by atoms with E-state index in [0.29, 0.717) is 19.0 Å². The molecular formula is C17H21BrN4O. The van der Waals surface area contributed by atoms with Gasteiger partial charge in [0.05, 0.1) is 11.0 Å². The van der Waals surface area contributed by atoms with Crippen molar-refractivity contribution >= 4 is 21.9 Å². The first-order chi connectivity index (χ1) is 11.1. The molecule has 0 saturated heterocycles. The molecule has 2 rings (SSSR count). The van der Waals surface area contributed by atoms with E-state index in [2.05, 4.69) is 31.2 Å². The number of rotatable bonds is 7. The first-order valence-corrected chi connectivity index (χ1v) is 8.29. The van der Waals surface area contributed by atoms with Crippen molar-refractivity contribution in [1.29, 1.82) is 0 Å². The van der Waals surface area contributed by atoms with Crippen molar-refractivity contribution in [3.05, 3.63) is 58.8 Å². The van der Waals surface area contributed by atoms with Crippen LogP contribution < -0.4 is 15.8 Å². The number of aromatic nitrogens is 1. The van der Waals surface area contributed by atoms with Gasteiger partial charge in [-0.15, -0.1) is 0 Å². The summed E-state index contributed by atoms with van der Waals surface area (Å²) < 4.78 is 6.75. The van der Waals surface area contributed by atoms with Gasteiger partial charge in [-0.3, -0.25) is 4.98 Å². The second-order valence-corrected chi connectivity index (χ2v) is 5.94. The Balaban J connectivity index is 1.72. The minimum absolute atomic E-state index is 0.0650. The van der Waals surface area contributed by atoms with Crippen LogP contribution in [0.25, 0.3) is 0 Å². The second-order valence-electron chi connectivity index (χ2n) is 5.08. The lowest BCUT2D eigenvalue weighted by Gasteiger charge is -2.14. The van der Waals surface area contributed by atoms with Crippen molar-refractivity contribution in [3.8, 4) is 5.75 Å². The topological polar surface area (TPSA) is 72.5 Å². The van der Waals surface area contributed by atoms with Crippen molar-refractivity contribution < 1.29 is 4.74 Å². The third-order valence-corrected chi connectivity index (χ3v) is 3.75. The van der Waals surface area contributed by atoms with E-state index in [9.17, 15) is 0 Å². The monoisotopic (exact) mass is 376 g/mol. The lowest BCUT2D eigenvalue weighted by molar-refractivity contribution is 0.229. The van der Waals surface area contributed by atoms with Gasteiger partial charge in [0, 0.05) is 24.9 Å². The van der Waals surface area contributed by atoms with Crippen molar-refractivity contribution in [2.45, 2.75) is 19.4 Å². The number of aliphatic imine (C=N–C) groups is 1. The second kappa shape index (κ2) is 9.15. The minimum atomic E-state index is -0.0650. The number of benzene rings is 1. The average Bonchev–Trinajstić information content (AvgIpc) is 2.56. The van der Waals surface area contributed by atoms with E-state index in [0.717, 1.165) is 22.3 Å². The predicted octanol–water partition coefficient (Wildman–Crippen LogP) is 2.76. The van der Waals surface area contributed by atoms with Gasteiger partial charge in [0.15, 0.2) is 5.96 Å². The number of halogens is 1. The number of guanidine groups is 1. The van der Waals surface area contributed by atoms with Gasteiger partial charge in [0.2, 0.25) is 0 Å². The molecule has 0 spiro atoms. The summed E-state index contributed by atoms with van der Waals surface area (Å²) >= 11 is 3.46. The Kier molecular flexibility index (Phi) is 6.87. The van der Waals surface area contributed by atoms with E-state index in [1.54, 1.807) is 6.20 Å². The fourth-order valence-corrected chi connectivity index (χ4v) is 2.32. The number of ether oxygens (including phenoxy) is 1. The van der Waals surface area contributed by atoms with E-state index in [4.69, 9.17) is 10.5 Å². The summed E-state index contributed by atoms with van der Waals surface area (Å²) in [6, 6.07) is 13.6. The number of para-hydroxylation sites is 1. The SMILES string of the molecule is CC(CN=C(N)NCCc1ccccn1)Oc1ccccc1Br. The third kappa shape index (κ3) is 6.28. The Bertz CT molecular complexity index is 634. The fraction of sp³-hybridized carbons (Fsp3) is 0.294.